The van der Waals surface area contributed by atoms with E-state index in [1.54, 1.807) is 16.0 Å². The Balaban J connectivity index is 1.15. The summed E-state index contributed by atoms with van der Waals surface area (Å²) in [5.41, 5.74) is 1.87. The van der Waals surface area contributed by atoms with Gasteiger partial charge < -0.3 is 18.9 Å². The zero-order chi connectivity index (χ0) is 29.4. The van der Waals surface area contributed by atoms with Gasteiger partial charge in [0.05, 0.1) is 5.56 Å². The van der Waals surface area contributed by atoms with E-state index in [0.717, 1.165) is 36.1 Å². The molecule has 4 heterocycles. The number of benzene rings is 1. The number of amides is 2. The summed E-state index contributed by atoms with van der Waals surface area (Å²) in [5, 5.41) is 0. The lowest BCUT2D eigenvalue weighted by Crippen LogP contribution is -2.48. The van der Waals surface area contributed by atoms with Crippen molar-refractivity contribution in [2.45, 2.75) is 57.9 Å². The van der Waals surface area contributed by atoms with Gasteiger partial charge in [0.1, 0.15) is 16.9 Å². The third-order valence-corrected chi connectivity index (χ3v) is 7.66. The molecule has 0 bridgehead atoms. The Morgan fingerprint density at radius 3 is 2.15 bits per heavy atom. The highest BCUT2D eigenvalue weighted by molar-refractivity contribution is 5.93. The molecule has 5 rings (SSSR count). The van der Waals surface area contributed by atoms with Crippen molar-refractivity contribution in [1.29, 1.82) is 0 Å². The second-order valence-corrected chi connectivity index (χ2v) is 11.9. The monoisotopic (exact) mass is 571 g/mol. The predicted molar refractivity (Wildman–Crippen MR) is 148 cm³/mol. The summed E-state index contributed by atoms with van der Waals surface area (Å²) >= 11 is 0. The number of rotatable bonds is 4. The molecule has 2 saturated heterocycles. The summed E-state index contributed by atoms with van der Waals surface area (Å²) in [6.45, 7) is 9.71. The van der Waals surface area contributed by atoms with Gasteiger partial charge in [-0.05, 0) is 68.9 Å². The molecular weight excluding hydrogens is 535 g/mol. The predicted octanol–water partition coefficient (Wildman–Crippen LogP) is 5.43. The number of nitrogens with zero attached hydrogens (tertiary/aromatic N) is 5. The van der Waals surface area contributed by atoms with Crippen molar-refractivity contribution in [3.63, 3.8) is 0 Å². The highest BCUT2D eigenvalue weighted by atomic mass is 19.4. The summed E-state index contributed by atoms with van der Waals surface area (Å²) in [6.07, 6.45) is 0.847. The smallest absolute Gasteiger partial charge is 0.416 e. The number of hydrogen-bond acceptors (Lipinski definition) is 5. The van der Waals surface area contributed by atoms with Gasteiger partial charge in [0, 0.05) is 58.2 Å². The van der Waals surface area contributed by atoms with Crippen LogP contribution in [-0.2, 0) is 17.5 Å². The van der Waals surface area contributed by atoms with E-state index >= 15 is 0 Å². The van der Waals surface area contributed by atoms with Gasteiger partial charge in [0.15, 0.2) is 0 Å². The van der Waals surface area contributed by atoms with E-state index in [2.05, 4.69) is 9.88 Å². The molecule has 2 fully saturated rings. The zero-order valence-electron chi connectivity index (χ0n) is 23.7. The van der Waals surface area contributed by atoms with Gasteiger partial charge in [0.25, 0.3) is 5.91 Å². The van der Waals surface area contributed by atoms with Crippen molar-refractivity contribution in [3.05, 3.63) is 71.2 Å². The summed E-state index contributed by atoms with van der Waals surface area (Å²) in [4.78, 5) is 35.8. The Hall–Kier alpha value is -3.60. The van der Waals surface area contributed by atoms with E-state index in [0.29, 0.717) is 63.1 Å². The minimum Gasteiger partial charge on any atom is -0.444 e. The number of carbonyl (C=O) groups is 2. The maximum absolute atomic E-state index is 13.2. The summed E-state index contributed by atoms with van der Waals surface area (Å²) in [5.74, 6) is 0.174. The molecule has 220 valence electrons. The van der Waals surface area contributed by atoms with Crippen molar-refractivity contribution in [1.82, 2.24) is 24.1 Å². The van der Waals surface area contributed by atoms with Gasteiger partial charge in [0.2, 0.25) is 0 Å². The number of halogens is 3. The molecule has 11 heteroatoms. The Morgan fingerprint density at radius 1 is 0.878 bits per heavy atom. The Bertz CT molecular complexity index is 1380. The lowest BCUT2D eigenvalue weighted by atomic mass is 9.90. The molecule has 0 spiro atoms. The second-order valence-electron chi connectivity index (χ2n) is 11.9. The van der Waals surface area contributed by atoms with Crippen molar-refractivity contribution in [2.24, 2.45) is 0 Å². The maximum Gasteiger partial charge on any atom is 0.416 e. The van der Waals surface area contributed by atoms with Crippen molar-refractivity contribution < 1.29 is 27.5 Å². The number of carbonyl (C=O) groups excluding carboxylic acids is 2. The highest BCUT2D eigenvalue weighted by Crippen LogP contribution is 2.30. The van der Waals surface area contributed by atoms with E-state index < -0.39 is 17.3 Å². The van der Waals surface area contributed by atoms with Crippen LogP contribution in [0.25, 0.3) is 5.65 Å². The number of aromatic nitrogens is 2. The Kier molecular flexibility index (Phi) is 8.00. The molecule has 2 aromatic heterocycles. The van der Waals surface area contributed by atoms with E-state index in [-0.39, 0.29) is 12.0 Å². The van der Waals surface area contributed by atoms with E-state index in [1.807, 2.05) is 43.5 Å². The van der Waals surface area contributed by atoms with Crippen LogP contribution >= 0.6 is 0 Å². The van der Waals surface area contributed by atoms with Gasteiger partial charge in [-0.3, -0.25) is 9.69 Å². The first-order valence-electron chi connectivity index (χ1n) is 14.0. The molecule has 8 nitrogen and oxygen atoms in total. The van der Waals surface area contributed by atoms with E-state index in [1.165, 1.54) is 12.1 Å². The number of hydrogen-bond donors (Lipinski definition) is 0. The number of piperidine rings is 1. The van der Waals surface area contributed by atoms with Gasteiger partial charge in [-0.15, -0.1) is 0 Å². The van der Waals surface area contributed by atoms with Crippen LogP contribution in [0.5, 0.6) is 0 Å². The number of fused-ring (bicyclic) bond motifs is 1. The lowest BCUT2D eigenvalue weighted by molar-refractivity contribution is -0.137. The minimum atomic E-state index is -4.34. The molecular formula is C30H36F3N5O3. The molecule has 0 saturated carbocycles. The number of imidazole rings is 1. The Labute approximate surface area is 237 Å². The topological polar surface area (TPSA) is 70.4 Å². The molecule has 41 heavy (non-hydrogen) atoms. The largest absolute Gasteiger partial charge is 0.444 e. The average Bonchev–Trinajstić information content (AvgIpc) is 3.36. The number of ether oxygens (including phenoxy) is 1. The van der Waals surface area contributed by atoms with Gasteiger partial charge >= 0.3 is 12.3 Å². The standard InChI is InChI=1S/C30H36F3N5O3/c1-29(2,3)41-28(40)37-12-10-22(11-13-37)23-6-9-26-34-25(20-38(26)19-23)27(39)36-16-14-35(15-17-36)18-21-4-7-24(8-5-21)30(31,32)33/h4-9,19-20,22H,10-18H2,1-3H3. The normalized spacial score (nSPS) is 17.7. The van der Waals surface area contributed by atoms with Crippen LogP contribution in [0.2, 0.25) is 0 Å². The molecule has 0 atom stereocenters. The van der Waals surface area contributed by atoms with Crippen molar-refractivity contribution >= 4 is 17.6 Å². The molecule has 0 aliphatic carbocycles. The van der Waals surface area contributed by atoms with Crippen LogP contribution in [0.1, 0.15) is 66.7 Å². The summed E-state index contributed by atoms with van der Waals surface area (Å²) < 4.78 is 45.8. The average molecular weight is 572 g/mol. The zero-order valence-corrected chi connectivity index (χ0v) is 23.7. The molecule has 3 aromatic rings. The van der Waals surface area contributed by atoms with Crippen LogP contribution in [0.3, 0.4) is 0 Å². The number of piperazine rings is 1. The van der Waals surface area contributed by atoms with Gasteiger partial charge in [-0.1, -0.05) is 18.2 Å². The molecule has 2 aliphatic heterocycles. The van der Waals surface area contributed by atoms with Crippen molar-refractivity contribution in [2.75, 3.05) is 39.3 Å². The molecule has 1 aromatic carbocycles. The molecule has 2 amide bonds. The molecule has 0 N–H and O–H groups in total. The summed E-state index contributed by atoms with van der Waals surface area (Å²) in [7, 11) is 0. The highest BCUT2D eigenvalue weighted by Gasteiger charge is 2.31. The van der Waals surface area contributed by atoms with Gasteiger partial charge in [-0.25, -0.2) is 9.78 Å². The van der Waals surface area contributed by atoms with Crippen LogP contribution < -0.4 is 0 Å². The second kappa shape index (κ2) is 11.3. The molecule has 2 aliphatic rings. The fourth-order valence-electron chi connectivity index (χ4n) is 5.40. The summed E-state index contributed by atoms with van der Waals surface area (Å²) in [6, 6.07) is 9.21. The molecule has 0 radical (unpaired) electrons. The first-order chi connectivity index (χ1) is 19.4. The minimum absolute atomic E-state index is 0.130. The van der Waals surface area contributed by atoms with Crippen LogP contribution in [-0.4, -0.2) is 81.0 Å². The van der Waals surface area contributed by atoms with E-state index in [4.69, 9.17) is 4.74 Å². The number of likely N-dealkylation sites (tertiary alicyclic amines) is 1. The first-order valence-corrected chi connectivity index (χ1v) is 14.0. The number of alkyl halides is 3. The molecule has 0 unspecified atom stereocenters. The third-order valence-electron chi connectivity index (χ3n) is 7.66. The van der Waals surface area contributed by atoms with Crippen molar-refractivity contribution in [3.8, 4) is 0 Å². The Morgan fingerprint density at radius 2 is 1.54 bits per heavy atom. The fourth-order valence-corrected chi connectivity index (χ4v) is 5.40. The lowest BCUT2D eigenvalue weighted by Gasteiger charge is -2.34. The number of pyridine rings is 1. The third kappa shape index (κ3) is 7.01. The fraction of sp³-hybridized carbons (Fsp3) is 0.500. The van der Waals surface area contributed by atoms with Crippen LogP contribution in [0.15, 0.2) is 48.8 Å². The van der Waals surface area contributed by atoms with Crippen LogP contribution in [0.4, 0.5) is 18.0 Å². The van der Waals surface area contributed by atoms with Crippen LogP contribution in [0, 0.1) is 0 Å². The van der Waals surface area contributed by atoms with E-state index in [9.17, 15) is 22.8 Å². The SMILES string of the molecule is CC(C)(C)OC(=O)N1CCC(c2ccc3nc(C(=O)N4CCN(Cc5ccc(C(F)(F)F)cc5)CC4)cn3c2)CC1. The maximum atomic E-state index is 13.2. The van der Waals surface area contributed by atoms with Gasteiger partial charge in [-0.2, -0.15) is 13.2 Å². The first kappa shape index (κ1) is 28.9. The quantitative estimate of drug-likeness (QED) is 0.418.